The van der Waals surface area contributed by atoms with Crippen LogP contribution in [0.15, 0.2) is 24.3 Å². The van der Waals surface area contributed by atoms with Crippen molar-refractivity contribution in [2.24, 2.45) is 0 Å². The van der Waals surface area contributed by atoms with Gasteiger partial charge in [0.1, 0.15) is 0 Å². The number of para-hydroxylation sites is 1. The number of rotatable bonds is 0. The van der Waals surface area contributed by atoms with E-state index in [1.54, 1.807) is 0 Å². The first-order valence-electron chi connectivity index (χ1n) is 5.70. The number of aromatic nitrogens is 1. The van der Waals surface area contributed by atoms with Gasteiger partial charge in [0.25, 0.3) is 0 Å². The van der Waals surface area contributed by atoms with Crippen LogP contribution in [-0.4, -0.2) is 38.2 Å². The van der Waals surface area contributed by atoms with Crippen LogP contribution in [0.1, 0.15) is 23.8 Å². The van der Waals surface area contributed by atoms with Crippen molar-refractivity contribution in [2.75, 3.05) is 0 Å². The molecule has 17 heavy (non-hydrogen) atoms. The van der Waals surface area contributed by atoms with E-state index in [2.05, 4.69) is 4.98 Å². The van der Waals surface area contributed by atoms with Crippen LogP contribution >= 0.6 is 0 Å². The van der Waals surface area contributed by atoms with Crippen molar-refractivity contribution < 1.29 is 10.2 Å². The van der Waals surface area contributed by atoms with Crippen molar-refractivity contribution in [1.82, 2.24) is 4.98 Å². The summed E-state index contributed by atoms with van der Waals surface area (Å²) in [5.41, 5.74) is 2.75. The molecule has 0 bridgehead atoms. The van der Waals surface area contributed by atoms with Gasteiger partial charge >= 0.3 is 108 Å². The van der Waals surface area contributed by atoms with E-state index >= 15 is 0 Å². The summed E-state index contributed by atoms with van der Waals surface area (Å²) in [4.78, 5) is 4.57. The Morgan fingerprint density at radius 3 is 2.82 bits per heavy atom. The average molecular weight is 291 g/mol. The van der Waals surface area contributed by atoms with Crippen molar-refractivity contribution in [3.63, 3.8) is 0 Å². The van der Waals surface area contributed by atoms with Crippen LogP contribution in [0.4, 0.5) is 0 Å². The first-order valence-corrected chi connectivity index (χ1v) is 6.91. The number of aliphatic hydroxyl groups is 2. The van der Waals surface area contributed by atoms with Gasteiger partial charge in [-0.05, 0) is 0 Å². The zero-order valence-electron chi connectivity index (χ0n) is 9.30. The van der Waals surface area contributed by atoms with E-state index in [4.69, 9.17) is 0 Å². The van der Waals surface area contributed by atoms with Gasteiger partial charge in [-0.15, -0.1) is 0 Å². The van der Waals surface area contributed by atoms with Crippen LogP contribution in [0.25, 0.3) is 10.9 Å². The van der Waals surface area contributed by atoms with E-state index in [1.807, 2.05) is 24.3 Å². The number of fused-ring (bicyclic) bond motifs is 2. The van der Waals surface area contributed by atoms with Gasteiger partial charge in [0.15, 0.2) is 0 Å². The number of hydrogen-bond acceptors (Lipinski definition) is 3. The molecule has 0 aliphatic heterocycles. The van der Waals surface area contributed by atoms with Crippen molar-refractivity contribution in [1.29, 1.82) is 0 Å². The molecule has 1 aromatic carbocycles. The van der Waals surface area contributed by atoms with Gasteiger partial charge in [-0.1, -0.05) is 0 Å². The van der Waals surface area contributed by atoms with Crippen LogP contribution in [-0.2, 0) is 6.42 Å². The molecule has 88 valence electrons. The Hall–Kier alpha value is -0.892. The fourth-order valence-corrected chi connectivity index (χ4v) is 3.78. The monoisotopic (exact) mass is 291 g/mol. The van der Waals surface area contributed by atoms with Gasteiger partial charge in [-0.3, -0.25) is 0 Å². The molecule has 1 heterocycles. The Labute approximate surface area is 108 Å². The Morgan fingerprint density at radius 2 is 2.00 bits per heavy atom. The second kappa shape index (κ2) is 4.09. The quantitative estimate of drug-likeness (QED) is 0.663. The van der Waals surface area contributed by atoms with Gasteiger partial charge in [0, 0.05) is 0 Å². The SMILES string of the molecule is OC1Cc2nc3ccccc3c([AsH2])c2C(O)C1. The first kappa shape index (κ1) is 11.2. The maximum atomic E-state index is 10.1. The third-order valence-electron chi connectivity index (χ3n) is 3.31. The number of hydrogen-bond donors (Lipinski definition) is 2. The molecule has 2 aromatic rings. The molecule has 0 radical (unpaired) electrons. The van der Waals surface area contributed by atoms with Crippen LogP contribution < -0.4 is 4.35 Å². The summed E-state index contributed by atoms with van der Waals surface area (Å²) in [6.07, 6.45) is -0.0799. The predicted molar refractivity (Wildman–Crippen MR) is 69.2 cm³/mol. The molecule has 3 atom stereocenters. The van der Waals surface area contributed by atoms with Crippen molar-refractivity contribution in [2.45, 2.75) is 25.0 Å². The molecule has 1 aliphatic carbocycles. The Morgan fingerprint density at radius 1 is 1.24 bits per heavy atom. The van der Waals surface area contributed by atoms with Crippen LogP contribution in [0.3, 0.4) is 0 Å². The Bertz CT molecular complexity index is 585. The Kier molecular flexibility index (Phi) is 2.70. The normalized spacial score (nSPS) is 23.7. The zero-order chi connectivity index (χ0) is 12.0. The fourth-order valence-electron chi connectivity index (χ4n) is 2.51. The van der Waals surface area contributed by atoms with Gasteiger partial charge in [-0.25, -0.2) is 0 Å². The van der Waals surface area contributed by atoms with Gasteiger partial charge in [0.05, 0.1) is 0 Å². The van der Waals surface area contributed by atoms with E-state index in [-0.39, 0.29) is 0 Å². The summed E-state index contributed by atoms with van der Waals surface area (Å²) in [5, 5.41) is 20.9. The molecule has 0 fully saturated rings. The predicted octanol–water partition coefficient (Wildman–Crippen LogP) is -0.166. The third kappa shape index (κ3) is 1.79. The van der Waals surface area contributed by atoms with Gasteiger partial charge < -0.3 is 0 Å². The zero-order valence-corrected chi connectivity index (χ0v) is 11.7. The molecule has 0 amide bonds. The average Bonchev–Trinajstić information content (AvgIpc) is 2.28. The van der Waals surface area contributed by atoms with E-state index in [0.29, 0.717) is 12.8 Å². The second-order valence-electron chi connectivity index (χ2n) is 4.51. The molecule has 1 aromatic heterocycles. The minimum atomic E-state index is -0.576. The van der Waals surface area contributed by atoms with Crippen molar-refractivity contribution >= 4 is 32.1 Å². The van der Waals surface area contributed by atoms with Crippen LogP contribution in [0, 0.1) is 0 Å². The van der Waals surface area contributed by atoms with Crippen LogP contribution in [0.5, 0.6) is 0 Å². The summed E-state index contributed by atoms with van der Waals surface area (Å²) in [7, 11) is 0. The van der Waals surface area contributed by atoms with E-state index in [9.17, 15) is 10.2 Å². The minimum absolute atomic E-state index is 0.421. The Balaban J connectivity index is 2.31. The van der Waals surface area contributed by atoms with E-state index < -0.39 is 12.2 Å². The number of pyridine rings is 1. The molecule has 0 saturated carbocycles. The van der Waals surface area contributed by atoms with Gasteiger partial charge in [-0.2, -0.15) is 0 Å². The summed E-state index contributed by atoms with van der Waals surface area (Å²) < 4.78 is 1.15. The molecule has 3 unspecified atom stereocenters. The van der Waals surface area contributed by atoms with Crippen molar-refractivity contribution in [3.05, 3.63) is 35.5 Å². The second-order valence-corrected chi connectivity index (χ2v) is 5.72. The first-order chi connectivity index (χ1) is 8.16. The molecule has 4 heteroatoms. The third-order valence-corrected chi connectivity index (χ3v) is 4.61. The maximum absolute atomic E-state index is 10.1. The standard InChI is InChI=1S/C13H14AsNO2/c14-13-8-3-1-2-4-9(8)15-10-5-7(16)6-11(17)12(10)13/h1-4,7,11,16-17H,5-6,14H2. The molecule has 3 nitrogen and oxygen atoms in total. The molecule has 1 aliphatic rings. The van der Waals surface area contributed by atoms with E-state index in [1.165, 1.54) is 16.9 Å². The summed E-state index contributed by atoms with van der Waals surface area (Å²) in [5.74, 6) is 0. The topological polar surface area (TPSA) is 53.4 Å². The summed E-state index contributed by atoms with van der Waals surface area (Å²) >= 11 is 1.51. The molecular weight excluding hydrogens is 277 g/mol. The van der Waals surface area contributed by atoms with Crippen molar-refractivity contribution in [3.8, 4) is 0 Å². The number of nitrogens with zero attached hydrogens (tertiary/aromatic N) is 1. The van der Waals surface area contributed by atoms with Crippen LogP contribution in [0.2, 0.25) is 0 Å². The van der Waals surface area contributed by atoms with Gasteiger partial charge in [0.2, 0.25) is 0 Å². The molecule has 3 rings (SSSR count). The molecule has 2 N–H and O–H groups in total. The number of aliphatic hydroxyl groups excluding tert-OH is 2. The molecule has 0 spiro atoms. The number of benzene rings is 1. The van der Waals surface area contributed by atoms with E-state index in [0.717, 1.165) is 26.5 Å². The molecular formula is C13H14AsNO2. The summed E-state index contributed by atoms with van der Waals surface area (Å²) in [6.45, 7) is 0. The summed E-state index contributed by atoms with van der Waals surface area (Å²) in [6, 6.07) is 7.97. The molecule has 0 saturated heterocycles. The fraction of sp³-hybridized carbons (Fsp3) is 0.308.